The van der Waals surface area contributed by atoms with Crippen molar-refractivity contribution in [2.45, 2.75) is 95.0 Å². The Kier molecular flexibility index (Phi) is 16.6. The molecule has 0 aromatic heterocycles. The van der Waals surface area contributed by atoms with Gasteiger partial charge in [0.25, 0.3) is 5.91 Å². The van der Waals surface area contributed by atoms with E-state index in [-0.39, 0.29) is 38.3 Å². The smallest absolute Gasteiger partial charge is 0.289 e. The second-order valence-electron chi connectivity index (χ2n) is 14.0. The molecular formula is C35H55ClN6O8S. The summed E-state index contributed by atoms with van der Waals surface area (Å²) in [5.74, 6) is -2.15. The van der Waals surface area contributed by atoms with Crippen LogP contribution >= 0.6 is 11.6 Å². The standard InChI is InChI=1S/C35H55ClN6O8S/c1-51(47,48)41-30(10-7-24-11-16-38-17-12-24)35(46)42-22-28(50-23-26-5-8-27(36)9-6-26)20-31(42)33(44)40-29(4-2-3-15-37)32(43)34(45)39-21-25-13-18-49-19-14-25/h5-6,8-9,24-25,28-31,38,41H,2-4,7,10-23,37H2,1H3,(H,39,45)(H,40,44)/t28-,29+,30-,31+/m1/s1. The van der Waals surface area contributed by atoms with Crippen molar-refractivity contribution in [1.82, 2.24) is 25.6 Å². The van der Waals surface area contributed by atoms with E-state index in [1.807, 2.05) is 12.1 Å². The third kappa shape index (κ3) is 13.7. The Bertz CT molecular complexity index is 1410. The van der Waals surface area contributed by atoms with Gasteiger partial charge in [0.05, 0.1) is 25.0 Å². The molecule has 0 unspecified atom stereocenters. The SMILES string of the molecule is CS(=O)(=O)N[C@H](CCC1CCNCC1)C(=O)N1C[C@H](OCc2ccc(Cl)cc2)C[C@H]1C(=O)N[C@@H](CCCCN)C(=O)C(=O)NCC1CCOCC1. The Morgan fingerprint density at radius 2 is 1.73 bits per heavy atom. The first-order valence-corrected chi connectivity index (χ1v) is 20.4. The highest BCUT2D eigenvalue weighted by Gasteiger charge is 2.44. The fraction of sp³-hybridized carbons (Fsp3) is 0.714. The van der Waals surface area contributed by atoms with Gasteiger partial charge in [0, 0.05) is 37.7 Å². The highest BCUT2D eigenvalue weighted by Crippen LogP contribution is 2.26. The number of hydrogen-bond acceptors (Lipinski definition) is 10. The number of ether oxygens (including phenoxy) is 2. The second kappa shape index (κ2) is 20.5. The lowest BCUT2D eigenvalue weighted by atomic mass is 9.91. The summed E-state index contributed by atoms with van der Waals surface area (Å²) in [5.41, 5.74) is 6.54. The Hall–Kier alpha value is -2.66. The highest BCUT2D eigenvalue weighted by atomic mass is 35.5. The van der Waals surface area contributed by atoms with Gasteiger partial charge in [-0.1, -0.05) is 23.7 Å². The first-order valence-electron chi connectivity index (χ1n) is 18.2. The summed E-state index contributed by atoms with van der Waals surface area (Å²) in [6.07, 6.45) is 6.18. The van der Waals surface area contributed by atoms with Crippen molar-refractivity contribution in [3.63, 3.8) is 0 Å². The molecule has 1 aromatic rings. The zero-order valence-corrected chi connectivity index (χ0v) is 31.2. The number of amides is 3. The van der Waals surface area contributed by atoms with E-state index < -0.39 is 57.8 Å². The molecule has 4 atom stereocenters. The van der Waals surface area contributed by atoms with Crippen LogP contribution in [0.1, 0.15) is 69.8 Å². The zero-order chi connectivity index (χ0) is 36.8. The molecule has 3 heterocycles. The van der Waals surface area contributed by atoms with Crippen LogP contribution in [0.5, 0.6) is 0 Å². The monoisotopic (exact) mass is 754 g/mol. The summed E-state index contributed by atoms with van der Waals surface area (Å²) >= 11 is 6.03. The highest BCUT2D eigenvalue weighted by molar-refractivity contribution is 7.88. The van der Waals surface area contributed by atoms with Crippen LogP contribution in [-0.4, -0.2) is 113 Å². The molecule has 3 fully saturated rings. The van der Waals surface area contributed by atoms with Gasteiger partial charge >= 0.3 is 0 Å². The van der Waals surface area contributed by atoms with Gasteiger partial charge in [-0.15, -0.1) is 0 Å². The van der Waals surface area contributed by atoms with Gasteiger partial charge < -0.3 is 36.1 Å². The molecule has 3 aliphatic heterocycles. The molecule has 51 heavy (non-hydrogen) atoms. The number of benzene rings is 1. The number of sulfonamides is 1. The van der Waals surface area contributed by atoms with Crippen molar-refractivity contribution in [3.05, 3.63) is 34.9 Å². The molecule has 0 radical (unpaired) electrons. The Labute approximate surface area is 306 Å². The number of rotatable bonds is 19. The number of carbonyl (C=O) groups is 4. The van der Waals surface area contributed by atoms with Crippen LogP contribution < -0.4 is 26.4 Å². The molecule has 3 saturated heterocycles. The average Bonchev–Trinajstić information content (AvgIpc) is 3.56. The van der Waals surface area contributed by atoms with Crippen LogP contribution in [0, 0.1) is 11.8 Å². The van der Waals surface area contributed by atoms with Gasteiger partial charge in [0.15, 0.2) is 0 Å². The summed E-state index contributed by atoms with van der Waals surface area (Å²) in [5, 5.41) is 9.40. The molecule has 1 aromatic carbocycles. The molecule has 0 bridgehead atoms. The van der Waals surface area contributed by atoms with Gasteiger partial charge in [-0.3, -0.25) is 19.2 Å². The summed E-state index contributed by atoms with van der Waals surface area (Å²) in [6.45, 7) is 3.89. The fourth-order valence-electron chi connectivity index (χ4n) is 6.93. The normalized spacial score (nSPS) is 21.6. The lowest BCUT2D eigenvalue weighted by Gasteiger charge is -2.30. The summed E-state index contributed by atoms with van der Waals surface area (Å²) in [6, 6.07) is 3.85. The molecular weight excluding hydrogens is 700 g/mol. The number of halogens is 1. The van der Waals surface area contributed by atoms with Crippen LogP contribution in [0.3, 0.4) is 0 Å². The maximum atomic E-state index is 14.2. The van der Waals surface area contributed by atoms with Crippen molar-refractivity contribution >= 4 is 45.1 Å². The third-order valence-electron chi connectivity index (χ3n) is 9.92. The van der Waals surface area contributed by atoms with Crippen LogP contribution in [0.4, 0.5) is 0 Å². The van der Waals surface area contributed by atoms with Crippen LogP contribution in [0.15, 0.2) is 24.3 Å². The summed E-state index contributed by atoms with van der Waals surface area (Å²) in [4.78, 5) is 56.1. The number of hydrogen-bond donors (Lipinski definition) is 5. The van der Waals surface area contributed by atoms with E-state index in [1.54, 1.807) is 12.1 Å². The van der Waals surface area contributed by atoms with Crippen LogP contribution in [0.25, 0.3) is 0 Å². The molecule has 14 nitrogen and oxygen atoms in total. The Balaban J connectivity index is 1.51. The first kappa shape index (κ1) is 41.1. The summed E-state index contributed by atoms with van der Waals surface area (Å²) < 4.78 is 38.9. The van der Waals surface area contributed by atoms with E-state index in [9.17, 15) is 27.6 Å². The van der Waals surface area contributed by atoms with Crippen molar-refractivity contribution in [1.29, 1.82) is 0 Å². The number of nitrogens with zero attached hydrogens (tertiary/aromatic N) is 1. The quantitative estimate of drug-likeness (QED) is 0.101. The van der Waals surface area contributed by atoms with Crippen LogP contribution in [0.2, 0.25) is 5.02 Å². The molecule has 0 spiro atoms. The number of ketones is 1. The molecule has 6 N–H and O–H groups in total. The van der Waals surface area contributed by atoms with Crippen molar-refractivity contribution in [2.24, 2.45) is 17.6 Å². The second-order valence-corrected chi connectivity index (χ2v) is 16.2. The minimum atomic E-state index is -3.78. The van der Waals surface area contributed by atoms with E-state index in [2.05, 4.69) is 20.7 Å². The van der Waals surface area contributed by atoms with Gasteiger partial charge in [0.2, 0.25) is 27.6 Å². The van der Waals surface area contributed by atoms with E-state index in [0.29, 0.717) is 56.5 Å². The predicted molar refractivity (Wildman–Crippen MR) is 193 cm³/mol. The maximum absolute atomic E-state index is 14.2. The van der Waals surface area contributed by atoms with Gasteiger partial charge in [-0.05, 0) is 107 Å². The van der Waals surface area contributed by atoms with Gasteiger partial charge in [-0.25, -0.2) is 13.1 Å². The third-order valence-corrected chi connectivity index (χ3v) is 10.9. The molecule has 3 amide bonds. The minimum absolute atomic E-state index is 0.0389. The van der Waals surface area contributed by atoms with E-state index in [1.165, 1.54) is 4.90 Å². The largest absolute Gasteiger partial charge is 0.381 e. The Morgan fingerprint density at radius 1 is 1.02 bits per heavy atom. The van der Waals surface area contributed by atoms with Crippen molar-refractivity contribution in [2.75, 3.05) is 52.2 Å². The first-order chi connectivity index (χ1) is 24.4. The molecule has 4 rings (SSSR count). The van der Waals surface area contributed by atoms with Crippen molar-refractivity contribution in [3.8, 4) is 0 Å². The molecule has 3 aliphatic rings. The fourth-order valence-corrected chi connectivity index (χ4v) is 7.79. The molecule has 0 aliphatic carbocycles. The number of carbonyl (C=O) groups excluding carboxylic acids is 4. The number of likely N-dealkylation sites (tertiary alicyclic amines) is 1. The number of unbranched alkanes of at least 4 members (excludes halogenated alkanes) is 1. The minimum Gasteiger partial charge on any atom is -0.381 e. The topological polar surface area (TPSA) is 198 Å². The van der Waals surface area contributed by atoms with E-state index >= 15 is 0 Å². The average molecular weight is 755 g/mol. The van der Waals surface area contributed by atoms with Gasteiger partial charge in [0.1, 0.15) is 12.1 Å². The molecule has 286 valence electrons. The number of Topliss-reactive ketones (excluding diaryl/α,β-unsaturated/α-hetero) is 1. The van der Waals surface area contributed by atoms with Crippen molar-refractivity contribution < 1.29 is 37.1 Å². The van der Waals surface area contributed by atoms with Gasteiger partial charge in [-0.2, -0.15) is 0 Å². The number of piperidine rings is 1. The number of nitrogens with two attached hydrogens (primary N) is 1. The Morgan fingerprint density at radius 3 is 2.39 bits per heavy atom. The zero-order valence-electron chi connectivity index (χ0n) is 29.6. The lowest BCUT2D eigenvalue weighted by molar-refractivity contribution is -0.143. The summed E-state index contributed by atoms with van der Waals surface area (Å²) in [7, 11) is -3.78. The maximum Gasteiger partial charge on any atom is 0.289 e. The predicted octanol–water partition coefficient (Wildman–Crippen LogP) is 1.25. The molecule has 0 saturated carbocycles. The van der Waals surface area contributed by atoms with E-state index in [0.717, 1.165) is 50.6 Å². The van der Waals surface area contributed by atoms with Crippen LogP contribution in [-0.2, 0) is 45.3 Å². The van der Waals surface area contributed by atoms with E-state index in [4.69, 9.17) is 26.8 Å². The number of nitrogens with one attached hydrogen (secondary N) is 4. The lowest BCUT2D eigenvalue weighted by Crippen LogP contribution is -2.56. The molecule has 16 heteroatoms.